The van der Waals surface area contributed by atoms with Crippen molar-refractivity contribution in [3.8, 4) is 5.75 Å². The summed E-state index contributed by atoms with van der Waals surface area (Å²) in [6.07, 6.45) is 0. The predicted octanol–water partition coefficient (Wildman–Crippen LogP) is 3.08. The fourth-order valence-electron chi connectivity index (χ4n) is 1.85. The highest BCUT2D eigenvalue weighted by Crippen LogP contribution is 2.37. The molecule has 0 aliphatic heterocycles. The van der Waals surface area contributed by atoms with E-state index in [4.69, 9.17) is 26.8 Å². The summed E-state index contributed by atoms with van der Waals surface area (Å²) >= 11 is 5.98. The minimum atomic E-state index is -1.00. The van der Waals surface area contributed by atoms with Gasteiger partial charge in [-0.3, -0.25) is 4.79 Å². The molecule has 0 fully saturated rings. The largest absolute Gasteiger partial charge is 0.489 e. The molecular weight excluding hydrogens is 285 g/mol. The topological polar surface area (TPSA) is 61.5 Å². The van der Waals surface area contributed by atoms with E-state index in [1.165, 1.54) is 19.2 Å². The van der Waals surface area contributed by atoms with Gasteiger partial charge in [-0.1, -0.05) is 11.6 Å². The maximum absolute atomic E-state index is 13.9. The molecule has 0 saturated carbocycles. The second-order valence-electron chi connectivity index (χ2n) is 4.94. The standard InChI is InChI=1S/C14H19ClFNO3/c1-5-20-11-9(15)6-8(7-10(11)16)12(17)14(2,3)13(18)19-4/h6-7,12H,5,17H2,1-4H3/t12-/m0/s1. The van der Waals surface area contributed by atoms with Crippen LogP contribution in [0.1, 0.15) is 32.4 Å². The molecule has 0 aliphatic rings. The summed E-state index contributed by atoms with van der Waals surface area (Å²) in [5.41, 5.74) is 5.45. The Bertz CT molecular complexity index is 482. The molecule has 4 nitrogen and oxygen atoms in total. The van der Waals surface area contributed by atoms with Crippen molar-refractivity contribution in [2.24, 2.45) is 11.1 Å². The van der Waals surface area contributed by atoms with Gasteiger partial charge in [-0.2, -0.15) is 0 Å². The molecule has 0 bridgehead atoms. The molecule has 0 aromatic heterocycles. The van der Waals surface area contributed by atoms with E-state index >= 15 is 0 Å². The number of nitrogens with two attached hydrogens (primary N) is 1. The minimum Gasteiger partial charge on any atom is -0.489 e. The van der Waals surface area contributed by atoms with E-state index in [1.54, 1.807) is 20.8 Å². The highest BCUT2D eigenvalue weighted by atomic mass is 35.5. The summed E-state index contributed by atoms with van der Waals surface area (Å²) in [4.78, 5) is 11.7. The van der Waals surface area contributed by atoms with E-state index < -0.39 is 23.2 Å². The molecule has 2 N–H and O–H groups in total. The monoisotopic (exact) mass is 303 g/mol. The van der Waals surface area contributed by atoms with Gasteiger partial charge in [0.15, 0.2) is 11.6 Å². The first-order valence-corrected chi connectivity index (χ1v) is 6.59. The average molecular weight is 304 g/mol. The lowest BCUT2D eigenvalue weighted by molar-refractivity contribution is -0.152. The maximum Gasteiger partial charge on any atom is 0.313 e. The van der Waals surface area contributed by atoms with Crippen LogP contribution in [0.4, 0.5) is 4.39 Å². The van der Waals surface area contributed by atoms with Gasteiger partial charge >= 0.3 is 5.97 Å². The van der Waals surface area contributed by atoms with Crippen LogP contribution in [-0.2, 0) is 9.53 Å². The molecule has 0 saturated heterocycles. The van der Waals surface area contributed by atoms with E-state index in [0.29, 0.717) is 12.2 Å². The third-order valence-electron chi connectivity index (χ3n) is 3.16. The molecule has 0 unspecified atom stereocenters. The fourth-order valence-corrected chi connectivity index (χ4v) is 2.12. The Kier molecular flexibility index (Phi) is 5.36. The van der Waals surface area contributed by atoms with Crippen LogP contribution >= 0.6 is 11.6 Å². The van der Waals surface area contributed by atoms with Crippen LogP contribution in [0.3, 0.4) is 0 Å². The summed E-state index contributed by atoms with van der Waals surface area (Å²) < 4.78 is 23.8. The Morgan fingerprint density at radius 3 is 2.55 bits per heavy atom. The first kappa shape index (κ1) is 16.7. The van der Waals surface area contributed by atoms with Crippen LogP contribution in [-0.4, -0.2) is 19.7 Å². The van der Waals surface area contributed by atoms with Crippen molar-refractivity contribution in [2.75, 3.05) is 13.7 Å². The number of hydrogen-bond donors (Lipinski definition) is 1. The van der Waals surface area contributed by atoms with Gasteiger partial charge in [0.1, 0.15) is 0 Å². The van der Waals surface area contributed by atoms with Crippen LogP contribution in [0.25, 0.3) is 0 Å². The summed E-state index contributed by atoms with van der Waals surface area (Å²) in [5.74, 6) is -1.10. The molecule has 0 heterocycles. The van der Waals surface area contributed by atoms with Crippen LogP contribution in [0, 0.1) is 11.2 Å². The Hall–Kier alpha value is -1.33. The van der Waals surface area contributed by atoms with Crippen molar-refractivity contribution < 1.29 is 18.7 Å². The van der Waals surface area contributed by atoms with E-state index in [1.807, 2.05) is 0 Å². The van der Waals surface area contributed by atoms with Gasteiger partial charge in [-0.05, 0) is 38.5 Å². The number of methoxy groups -OCH3 is 1. The second kappa shape index (κ2) is 6.41. The number of halogens is 2. The minimum absolute atomic E-state index is 0.0130. The summed E-state index contributed by atoms with van der Waals surface area (Å²) in [6, 6.07) is 1.98. The molecule has 0 amide bonds. The third-order valence-corrected chi connectivity index (χ3v) is 3.44. The third kappa shape index (κ3) is 3.22. The van der Waals surface area contributed by atoms with Gasteiger partial charge in [-0.15, -0.1) is 0 Å². The molecule has 112 valence electrons. The lowest BCUT2D eigenvalue weighted by Crippen LogP contribution is -2.37. The Morgan fingerprint density at radius 1 is 1.50 bits per heavy atom. The van der Waals surface area contributed by atoms with Crippen molar-refractivity contribution in [3.05, 3.63) is 28.5 Å². The van der Waals surface area contributed by atoms with Crippen molar-refractivity contribution in [1.82, 2.24) is 0 Å². The van der Waals surface area contributed by atoms with Crippen molar-refractivity contribution in [1.29, 1.82) is 0 Å². The van der Waals surface area contributed by atoms with E-state index in [2.05, 4.69) is 0 Å². The zero-order valence-electron chi connectivity index (χ0n) is 12.0. The van der Waals surface area contributed by atoms with Gasteiger partial charge in [0.25, 0.3) is 0 Å². The maximum atomic E-state index is 13.9. The summed E-state index contributed by atoms with van der Waals surface area (Å²) in [5, 5.41) is 0.123. The Balaban J connectivity index is 3.18. The lowest BCUT2D eigenvalue weighted by Gasteiger charge is -2.29. The van der Waals surface area contributed by atoms with Crippen molar-refractivity contribution >= 4 is 17.6 Å². The van der Waals surface area contributed by atoms with Gasteiger partial charge in [0.05, 0.1) is 24.2 Å². The van der Waals surface area contributed by atoms with Crippen LogP contribution < -0.4 is 10.5 Å². The van der Waals surface area contributed by atoms with Crippen LogP contribution in [0.5, 0.6) is 5.75 Å². The highest BCUT2D eigenvalue weighted by Gasteiger charge is 2.37. The molecule has 1 rings (SSSR count). The van der Waals surface area contributed by atoms with E-state index in [9.17, 15) is 9.18 Å². The number of rotatable bonds is 5. The smallest absolute Gasteiger partial charge is 0.313 e. The average Bonchev–Trinajstić information content (AvgIpc) is 2.40. The molecule has 0 aliphatic carbocycles. The molecule has 6 heteroatoms. The number of carbonyl (C=O) groups is 1. The molecule has 1 aromatic carbocycles. The van der Waals surface area contributed by atoms with Crippen molar-refractivity contribution in [2.45, 2.75) is 26.8 Å². The molecule has 0 radical (unpaired) electrons. The first-order valence-electron chi connectivity index (χ1n) is 6.21. The molecule has 20 heavy (non-hydrogen) atoms. The lowest BCUT2D eigenvalue weighted by atomic mass is 9.81. The number of hydrogen-bond acceptors (Lipinski definition) is 4. The van der Waals surface area contributed by atoms with E-state index in [0.717, 1.165) is 0 Å². The zero-order valence-corrected chi connectivity index (χ0v) is 12.8. The highest BCUT2D eigenvalue weighted by molar-refractivity contribution is 6.32. The quantitative estimate of drug-likeness (QED) is 0.849. The molecular formula is C14H19ClFNO3. The molecule has 1 aromatic rings. The SMILES string of the molecule is CCOc1c(F)cc([C@H](N)C(C)(C)C(=O)OC)cc1Cl. The Morgan fingerprint density at radius 2 is 2.10 bits per heavy atom. The Labute approximate surface area is 123 Å². The zero-order chi connectivity index (χ0) is 15.5. The van der Waals surface area contributed by atoms with Gasteiger partial charge in [-0.25, -0.2) is 4.39 Å². The van der Waals surface area contributed by atoms with Gasteiger partial charge in [0.2, 0.25) is 0 Å². The van der Waals surface area contributed by atoms with Crippen molar-refractivity contribution in [3.63, 3.8) is 0 Å². The van der Waals surface area contributed by atoms with Gasteiger partial charge < -0.3 is 15.2 Å². The van der Waals surface area contributed by atoms with E-state index in [-0.39, 0.29) is 10.8 Å². The number of esters is 1. The molecule has 1 atom stereocenters. The number of ether oxygens (including phenoxy) is 2. The summed E-state index contributed by atoms with van der Waals surface area (Å²) in [7, 11) is 1.28. The van der Waals surface area contributed by atoms with Gasteiger partial charge in [0, 0.05) is 6.04 Å². The fraction of sp³-hybridized carbons (Fsp3) is 0.500. The first-order chi connectivity index (χ1) is 9.25. The van der Waals surface area contributed by atoms with Crippen LogP contribution in [0.15, 0.2) is 12.1 Å². The van der Waals surface area contributed by atoms with Crippen LogP contribution in [0.2, 0.25) is 5.02 Å². The number of benzene rings is 1. The molecule has 0 spiro atoms. The predicted molar refractivity (Wildman–Crippen MR) is 75.3 cm³/mol. The second-order valence-corrected chi connectivity index (χ2v) is 5.34. The normalized spacial score (nSPS) is 12.9. The summed E-state index contributed by atoms with van der Waals surface area (Å²) in [6.45, 7) is 5.29. The number of carbonyl (C=O) groups excluding carboxylic acids is 1.